The highest BCUT2D eigenvalue weighted by Crippen LogP contribution is 2.18. The summed E-state index contributed by atoms with van der Waals surface area (Å²) >= 11 is 1.73. The lowest BCUT2D eigenvalue weighted by Crippen LogP contribution is -2.39. The molecule has 5 nitrogen and oxygen atoms in total. The topological polar surface area (TPSA) is 75.6 Å². The Labute approximate surface area is 105 Å². The summed E-state index contributed by atoms with van der Waals surface area (Å²) < 4.78 is 5.26. The van der Waals surface area contributed by atoms with Crippen LogP contribution in [0.5, 0.6) is 0 Å². The summed E-state index contributed by atoms with van der Waals surface area (Å²) in [5, 5.41) is 11.3. The minimum absolute atomic E-state index is 0.299. The van der Waals surface area contributed by atoms with Crippen molar-refractivity contribution in [3.63, 3.8) is 0 Å². The van der Waals surface area contributed by atoms with Crippen molar-refractivity contribution in [3.05, 3.63) is 0 Å². The number of rotatable bonds is 7. The zero-order valence-corrected chi connectivity index (χ0v) is 10.8. The number of thioether (sulfide) groups is 1. The van der Waals surface area contributed by atoms with Crippen LogP contribution < -0.4 is 5.32 Å². The maximum absolute atomic E-state index is 10.8. The molecule has 1 saturated heterocycles. The minimum Gasteiger partial charge on any atom is -0.480 e. The average Bonchev–Trinajstić information content (AvgIpc) is 2.74. The predicted molar refractivity (Wildman–Crippen MR) is 66.1 cm³/mol. The van der Waals surface area contributed by atoms with Crippen LogP contribution in [0.1, 0.15) is 19.8 Å². The number of nitrogens with one attached hydrogen (secondary N) is 1. The van der Waals surface area contributed by atoms with E-state index in [-0.39, 0.29) is 5.91 Å². The van der Waals surface area contributed by atoms with Gasteiger partial charge in [0, 0.05) is 13.5 Å². The molecule has 0 spiro atoms. The maximum atomic E-state index is 10.8. The summed E-state index contributed by atoms with van der Waals surface area (Å²) in [6.45, 7) is 2.99. The van der Waals surface area contributed by atoms with Gasteiger partial charge in [0.05, 0.1) is 6.61 Å². The molecule has 1 aliphatic heterocycles. The maximum Gasteiger partial charge on any atom is 0.326 e. The van der Waals surface area contributed by atoms with Crippen molar-refractivity contribution in [1.29, 1.82) is 0 Å². The van der Waals surface area contributed by atoms with Gasteiger partial charge in [0.25, 0.3) is 0 Å². The van der Waals surface area contributed by atoms with E-state index in [9.17, 15) is 9.59 Å². The van der Waals surface area contributed by atoms with Crippen LogP contribution in [-0.2, 0) is 14.3 Å². The SMILES string of the molecule is CC(=O)NC(CCSCC1CCOC1)C(=O)O. The standard InChI is InChI=1S/C11H19NO4S/c1-8(13)12-10(11(14)15)3-5-17-7-9-2-4-16-6-9/h9-10H,2-7H2,1H3,(H,12,13)(H,14,15). The molecule has 1 aliphatic rings. The molecule has 0 radical (unpaired) electrons. The van der Waals surface area contributed by atoms with Gasteiger partial charge >= 0.3 is 5.97 Å². The Bertz CT molecular complexity index is 266. The van der Waals surface area contributed by atoms with E-state index in [0.717, 1.165) is 31.1 Å². The van der Waals surface area contributed by atoms with Crippen LogP contribution in [0, 0.1) is 5.92 Å². The van der Waals surface area contributed by atoms with Crippen molar-refractivity contribution >= 4 is 23.6 Å². The van der Waals surface area contributed by atoms with Gasteiger partial charge in [0.1, 0.15) is 6.04 Å². The highest BCUT2D eigenvalue weighted by molar-refractivity contribution is 7.99. The molecule has 1 heterocycles. The van der Waals surface area contributed by atoms with Crippen LogP contribution >= 0.6 is 11.8 Å². The molecule has 0 aliphatic carbocycles. The molecule has 2 atom stereocenters. The fraction of sp³-hybridized carbons (Fsp3) is 0.818. The van der Waals surface area contributed by atoms with Crippen molar-refractivity contribution in [2.45, 2.75) is 25.8 Å². The Morgan fingerprint density at radius 1 is 1.59 bits per heavy atom. The number of hydrogen-bond acceptors (Lipinski definition) is 4. The van der Waals surface area contributed by atoms with Crippen LogP contribution in [0.25, 0.3) is 0 Å². The summed E-state index contributed by atoms with van der Waals surface area (Å²) in [5.74, 6) is 1.08. The quantitative estimate of drug-likeness (QED) is 0.661. The van der Waals surface area contributed by atoms with E-state index < -0.39 is 12.0 Å². The molecule has 98 valence electrons. The Morgan fingerprint density at radius 2 is 2.35 bits per heavy atom. The van der Waals surface area contributed by atoms with Crippen LogP contribution in [0.4, 0.5) is 0 Å². The van der Waals surface area contributed by atoms with Gasteiger partial charge < -0.3 is 15.2 Å². The lowest BCUT2D eigenvalue weighted by Gasteiger charge is -2.13. The zero-order valence-electron chi connectivity index (χ0n) is 9.98. The van der Waals surface area contributed by atoms with E-state index in [2.05, 4.69) is 5.32 Å². The first-order valence-corrected chi connectivity index (χ1v) is 6.90. The number of hydrogen-bond donors (Lipinski definition) is 2. The zero-order chi connectivity index (χ0) is 12.7. The normalized spacial score (nSPS) is 21.1. The fourth-order valence-electron chi connectivity index (χ4n) is 1.67. The molecular formula is C11H19NO4S. The molecule has 1 amide bonds. The minimum atomic E-state index is -0.968. The number of carbonyl (C=O) groups is 2. The molecule has 0 bridgehead atoms. The van der Waals surface area contributed by atoms with Crippen LogP contribution in [0.2, 0.25) is 0 Å². The van der Waals surface area contributed by atoms with E-state index in [1.165, 1.54) is 6.92 Å². The van der Waals surface area contributed by atoms with Crippen molar-refractivity contribution in [2.24, 2.45) is 5.92 Å². The fourth-order valence-corrected chi connectivity index (χ4v) is 2.83. The summed E-state index contributed by atoms with van der Waals surface area (Å²) in [6, 6.07) is -0.764. The van der Waals surface area contributed by atoms with E-state index in [1.807, 2.05) is 0 Å². The first-order chi connectivity index (χ1) is 8.09. The van der Waals surface area contributed by atoms with Gasteiger partial charge in [-0.1, -0.05) is 0 Å². The number of ether oxygens (including phenoxy) is 1. The largest absolute Gasteiger partial charge is 0.480 e. The van der Waals surface area contributed by atoms with Gasteiger partial charge in [0.2, 0.25) is 5.91 Å². The predicted octanol–water partition coefficient (Wildman–Crippen LogP) is 0.735. The van der Waals surface area contributed by atoms with E-state index in [4.69, 9.17) is 9.84 Å². The number of aliphatic carboxylic acids is 1. The van der Waals surface area contributed by atoms with E-state index in [1.54, 1.807) is 11.8 Å². The molecule has 0 saturated carbocycles. The summed E-state index contributed by atoms with van der Waals surface area (Å²) in [4.78, 5) is 21.6. The van der Waals surface area contributed by atoms with Gasteiger partial charge in [-0.2, -0.15) is 11.8 Å². The van der Waals surface area contributed by atoms with Gasteiger partial charge in [-0.3, -0.25) is 4.79 Å². The molecule has 2 unspecified atom stereocenters. The number of carbonyl (C=O) groups excluding carboxylic acids is 1. The molecule has 6 heteroatoms. The lowest BCUT2D eigenvalue weighted by atomic mass is 10.2. The summed E-state index contributed by atoms with van der Waals surface area (Å²) in [5.41, 5.74) is 0. The van der Waals surface area contributed by atoms with E-state index in [0.29, 0.717) is 12.3 Å². The summed E-state index contributed by atoms with van der Waals surface area (Å²) in [7, 11) is 0. The van der Waals surface area contributed by atoms with Crippen LogP contribution in [0.15, 0.2) is 0 Å². The highest BCUT2D eigenvalue weighted by Gasteiger charge is 2.19. The molecule has 0 aromatic rings. The van der Waals surface area contributed by atoms with Crippen molar-refractivity contribution in [2.75, 3.05) is 24.7 Å². The molecule has 1 fully saturated rings. The average molecular weight is 261 g/mol. The third kappa shape index (κ3) is 5.93. The van der Waals surface area contributed by atoms with Crippen LogP contribution in [0.3, 0.4) is 0 Å². The molecule has 0 aromatic carbocycles. The van der Waals surface area contributed by atoms with E-state index >= 15 is 0 Å². The molecule has 0 aromatic heterocycles. The van der Waals surface area contributed by atoms with Gasteiger partial charge in [-0.05, 0) is 30.3 Å². The van der Waals surface area contributed by atoms with Gasteiger partial charge in [-0.25, -0.2) is 4.79 Å². The molecule has 17 heavy (non-hydrogen) atoms. The van der Waals surface area contributed by atoms with Gasteiger partial charge in [-0.15, -0.1) is 0 Å². The Balaban J connectivity index is 2.13. The number of carboxylic acids is 1. The second-order valence-electron chi connectivity index (χ2n) is 4.18. The number of carboxylic acid groups (broad SMARTS) is 1. The second-order valence-corrected chi connectivity index (χ2v) is 5.33. The number of amides is 1. The first kappa shape index (κ1) is 14.3. The summed E-state index contributed by atoms with van der Waals surface area (Å²) in [6.07, 6.45) is 1.56. The Kier molecular flexibility index (Phi) is 6.36. The van der Waals surface area contributed by atoms with Crippen molar-refractivity contribution in [3.8, 4) is 0 Å². The molecular weight excluding hydrogens is 242 g/mol. The van der Waals surface area contributed by atoms with Crippen LogP contribution in [-0.4, -0.2) is 47.7 Å². The molecule has 1 rings (SSSR count). The molecule has 2 N–H and O–H groups in total. The third-order valence-electron chi connectivity index (χ3n) is 2.60. The monoisotopic (exact) mass is 261 g/mol. The Morgan fingerprint density at radius 3 is 2.88 bits per heavy atom. The highest BCUT2D eigenvalue weighted by atomic mass is 32.2. The van der Waals surface area contributed by atoms with Crippen molar-refractivity contribution < 1.29 is 19.4 Å². The van der Waals surface area contributed by atoms with Crippen molar-refractivity contribution in [1.82, 2.24) is 5.32 Å². The second kappa shape index (κ2) is 7.55. The first-order valence-electron chi connectivity index (χ1n) is 5.75. The third-order valence-corrected chi connectivity index (χ3v) is 3.84. The lowest BCUT2D eigenvalue weighted by molar-refractivity contribution is -0.141. The Hall–Kier alpha value is -0.750. The van der Waals surface area contributed by atoms with Gasteiger partial charge in [0.15, 0.2) is 0 Å². The smallest absolute Gasteiger partial charge is 0.326 e.